The van der Waals surface area contributed by atoms with E-state index in [1.54, 1.807) is 6.07 Å². The van der Waals surface area contributed by atoms with Crippen molar-refractivity contribution < 1.29 is 18.7 Å². The summed E-state index contributed by atoms with van der Waals surface area (Å²) in [6, 6.07) is 13.1. The maximum absolute atomic E-state index is 15.9. The van der Waals surface area contributed by atoms with E-state index in [0.29, 0.717) is 37.1 Å². The zero-order valence-electron chi connectivity index (χ0n) is 18.2. The van der Waals surface area contributed by atoms with Crippen molar-refractivity contribution in [2.75, 3.05) is 19.8 Å². The number of hydrogen-bond donors (Lipinski definition) is 1. The van der Waals surface area contributed by atoms with Crippen molar-refractivity contribution >= 4 is 11.8 Å². The van der Waals surface area contributed by atoms with Crippen LogP contribution in [-0.2, 0) is 27.2 Å². The Bertz CT molecular complexity index is 1040. The van der Waals surface area contributed by atoms with E-state index in [-0.39, 0.29) is 30.3 Å². The van der Waals surface area contributed by atoms with E-state index in [1.165, 1.54) is 0 Å². The summed E-state index contributed by atoms with van der Waals surface area (Å²) in [6.07, 6.45) is 4.78. The molecule has 2 aromatic carbocycles. The Kier molecular flexibility index (Phi) is 5.72. The minimum Gasteiger partial charge on any atom is -0.369 e. The monoisotopic (exact) mass is 436 g/mol. The third-order valence-corrected chi connectivity index (χ3v) is 7.22. The molecule has 3 heterocycles. The minimum atomic E-state index is -0.677. The van der Waals surface area contributed by atoms with Crippen LogP contribution in [0.1, 0.15) is 43.2 Å². The second kappa shape index (κ2) is 8.66. The number of nitrogens with zero attached hydrogens (tertiary/aromatic N) is 1. The van der Waals surface area contributed by atoms with Crippen molar-refractivity contribution in [2.24, 2.45) is 0 Å². The molecule has 168 valence electrons. The number of fused-ring (bicyclic) bond motifs is 6. The highest BCUT2D eigenvalue weighted by Crippen LogP contribution is 2.36. The van der Waals surface area contributed by atoms with Crippen molar-refractivity contribution in [3.8, 4) is 11.1 Å². The molecule has 5 nitrogen and oxygen atoms in total. The first-order valence-corrected chi connectivity index (χ1v) is 11.6. The number of piperidine rings is 1. The highest BCUT2D eigenvalue weighted by atomic mass is 19.1. The molecular formula is C26H29FN2O3. The molecule has 0 aliphatic carbocycles. The molecular weight excluding hydrogens is 407 g/mol. The molecule has 2 atom stereocenters. The van der Waals surface area contributed by atoms with Gasteiger partial charge in [-0.3, -0.25) is 9.59 Å². The molecule has 2 fully saturated rings. The summed E-state index contributed by atoms with van der Waals surface area (Å²) in [4.78, 5) is 27.5. The van der Waals surface area contributed by atoms with Gasteiger partial charge in [0.15, 0.2) is 0 Å². The number of rotatable bonds is 0. The van der Waals surface area contributed by atoms with Crippen LogP contribution < -0.4 is 5.32 Å². The number of hydrogen-bond acceptors (Lipinski definition) is 3. The third-order valence-electron chi connectivity index (χ3n) is 7.22. The number of aryl methyl sites for hydroxylation is 1. The van der Waals surface area contributed by atoms with Gasteiger partial charge in [-0.2, -0.15) is 0 Å². The normalized spacial score (nSPS) is 26.3. The van der Waals surface area contributed by atoms with Gasteiger partial charge in [0.25, 0.3) is 0 Å². The summed E-state index contributed by atoms with van der Waals surface area (Å²) in [6.45, 7) is 1.00. The van der Waals surface area contributed by atoms with Gasteiger partial charge in [-0.15, -0.1) is 0 Å². The molecule has 3 aliphatic heterocycles. The van der Waals surface area contributed by atoms with Crippen molar-refractivity contribution in [2.45, 2.75) is 56.5 Å². The van der Waals surface area contributed by atoms with E-state index in [0.717, 1.165) is 43.2 Å². The molecule has 0 radical (unpaired) electrons. The largest absolute Gasteiger partial charge is 0.369 e. The number of halogens is 1. The maximum Gasteiger partial charge on any atom is 0.246 e. The molecule has 0 aromatic heterocycles. The number of morpholine rings is 1. The Morgan fingerprint density at radius 3 is 2.62 bits per heavy atom. The molecule has 3 aliphatic rings. The van der Waals surface area contributed by atoms with Crippen molar-refractivity contribution in [3.63, 3.8) is 0 Å². The Balaban J connectivity index is 1.61. The Morgan fingerprint density at radius 1 is 0.969 bits per heavy atom. The second-order valence-electron chi connectivity index (χ2n) is 9.25. The summed E-state index contributed by atoms with van der Waals surface area (Å²) < 4.78 is 21.5. The third kappa shape index (κ3) is 3.81. The van der Waals surface area contributed by atoms with Crippen LogP contribution >= 0.6 is 0 Å². The smallest absolute Gasteiger partial charge is 0.246 e. The van der Waals surface area contributed by atoms with Crippen LogP contribution in [0.15, 0.2) is 42.5 Å². The van der Waals surface area contributed by atoms with Crippen LogP contribution in [0.4, 0.5) is 4.39 Å². The highest BCUT2D eigenvalue weighted by Gasteiger charge is 2.49. The average molecular weight is 437 g/mol. The Morgan fingerprint density at radius 2 is 1.75 bits per heavy atom. The Hall–Kier alpha value is -2.73. The molecule has 2 amide bonds. The van der Waals surface area contributed by atoms with Gasteiger partial charge in [0.1, 0.15) is 12.4 Å². The molecule has 0 saturated carbocycles. The highest BCUT2D eigenvalue weighted by molar-refractivity contribution is 5.80. The number of amides is 2. The molecule has 2 unspecified atom stereocenters. The van der Waals surface area contributed by atoms with Crippen LogP contribution in [0.25, 0.3) is 11.1 Å². The number of nitrogens with one attached hydrogen (secondary N) is 1. The van der Waals surface area contributed by atoms with Gasteiger partial charge in [0, 0.05) is 18.5 Å². The van der Waals surface area contributed by atoms with Crippen LogP contribution in [0.3, 0.4) is 0 Å². The molecule has 1 N–H and O–H groups in total. The molecule has 1 spiro atoms. The van der Waals surface area contributed by atoms with E-state index in [9.17, 15) is 9.59 Å². The fraction of sp³-hybridized carbons (Fsp3) is 0.462. The lowest BCUT2D eigenvalue weighted by atomic mass is 9.77. The SMILES string of the molecule is O=C1COCC2(CCCN3C(=O)CCCCc4ccccc4-c4cccc(c4F)CC32)N1. The summed E-state index contributed by atoms with van der Waals surface area (Å²) in [5.41, 5.74) is 2.52. The van der Waals surface area contributed by atoms with Crippen LogP contribution in [0.5, 0.6) is 0 Å². The standard InChI is InChI=1S/C26H29FN2O3/c27-25-19-9-5-11-21(25)20-10-3-1-7-18(20)8-2-4-12-24(31)29-14-6-13-26(22(29)15-19)17-32-16-23(30)28-26/h1,3,5,7,9-11,22H,2,4,6,8,12-17H2,(H,28,30). The van der Waals surface area contributed by atoms with Gasteiger partial charge in [-0.05, 0) is 55.2 Å². The van der Waals surface area contributed by atoms with Gasteiger partial charge in [0.2, 0.25) is 11.8 Å². The Labute approximate surface area is 187 Å². The number of benzene rings is 2. The lowest BCUT2D eigenvalue weighted by molar-refractivity contribution is -0.150. The zero-order valence-corrected chi connectivity index (χ0v) is 18.2. The second-order valence-corrected chi connectivity index (χ2v) is 9.25. The van der Waals surface area contributed by atoms with E-state index < -0.39 is 5.54 Å². The lowest BCUT2D eigenvalue weighted by Gasteiger charge is -2.51. The van der Waals surface area contributed by atoms with Crippen LogP contribution in [0.2, 0.25) is 0 Å². The summed E-state index contributed by atoms with van der Waals surface area (Å²) in [5.74, 6) is -0.329. The first kappa shape index (κ1) is 21.1. The van der Waals surface area contributed by atoms with Crippen molar-refractivity contribution in [1.29, 1.82) is 0 Å². The number of carbonyl (C=O) groups excluding carboxylic acids is 2. The quantitative estimate of drug-likeness (QED) is 0.686. The van der Waals surface area contributed by atoms with Crippen molar-refractivity contribution in [1.82, 2.24) is 10.2 Å². The van der Waals surface area contributed by atoms with Gasteiger partial charge in [-0.1, -0.05) is 42.5 Å². The minimum absolute atomic E-state index is 0.0308. The summed E-state index contributed by atoms with van der Waals surface area (Å²) in [5, 5.41) is 3.14. The predicted molar refractivity (Wildman–Crippen MR) is 120 cm³/mol. The average Bonchev–Trinajstić information content (AvgIpc) is 2.79. The summed E-state index contributed by atoms with van der Waals surface area (Å²) in [7, 11) is 0. The first-order chi connectivity index (χ1) is 15.6. The fourth-order valence-corrected chi connectivity index (χ4v) is 5.67. The molecule has 5 rings (SSSR count). The molecule has 2 bridgehead atoms. The lowest BCUT2D eigenvalue weighted by Crippen LogP contribution is -2.71. The van der Waals surface area contributed by atoms with Gasteiger partial charge >= 0.3 is 0 Å². The molecule has 2 aromatic rings. The van der Waals surface area contributed by atoms with E-state index in [2.05, 4.69) is 11.4 Å². The number of ether oxygens (including phenoxy) is 1. The fourth-order valence-electron chi connectivity index (χ4n) is 5.67. The van der Waals surface area contributed by atoms with E-state index in [1.807, 2.05) is 35.2 Å². The van der Waals surface area contributed by atoms with E-state index in [4.69, 9.17) is 4.74 Å². The van der Waals surface area contributed by atoms with Crippen LogP contribution in [-0.4, -0.2) is 48.1 Å². The zero-order chi connectivity index (χ0) is 22.1. The summed E-state index contributed by atoms with van der Waals surface area (Å²) >= 11 is 0. The van der Waals surface area contributed by atoms with Crippen LogP contribution in [0, 0.1) is 5.82 Å². The topological polar surface area (TPSA) is 58.6 Å². The maximum atomic E-state index is 15.9. The van der Waals surface area contributed by atoms with Gasteiger partial charge in [-0.25, -0.2) is 4.39 Å². The van der Waals surface area contributed by atoms with Gasteiger partial charge < -0.3 is 15.0 Å². The number of carbonyl (C=O) groups is 2. The molecule has 32 heavy (non-hydrogen) atoms. The van der Waals surface area contributed by atoms with E-state index >= 15 is 4.39 Å². The van der Waals surface area contributed by atoms with Crippen molar-refractivity contribution in [3.05, 3.63) is 59.4 Å². The van der Waals surface area contributed by atoms with Gasteiger partial charge in [0.05, 0.1) is 18.2 Å². The molecule has 2 saturated heterocycles. The first-order valence-electron chi connectivity index (χ1n) is 11.6. The predicted octanol–water partition coefficient (Wildman–Crippen LogP) is 3.64. The molecule has 6 heteroatoms.